The number of aliphatic hydroxyl groups excluding tert-OH is 5. The van der Waals surface area contributed by atoms with Crippen molar-refractivity contribution in [3.8, 4) is 0 Å². The van der Waals surface area contributed by atoms with Gasteiger partial charge in [-0.05, 0) is 83.5 Å². The third kappa shape index (κ3) is 29.8. The largest absolute Gasteiger partial charge is 0.472 e. The molecule has 1 heterocycles. The van der Waals surface area contributed by atoms with E-state index in [2.05, 4.69) is 74.6 Å². The fraction of sp³-hybridized carbons (Fsp3) is 0.731. The molecule has 67 heavy (non-hydrogen) atoms. The summed E-state index contributed by atoms with van der Waals surface area (Å²) in [5.74, 6) is -1.19. The van der Waals surface area contributed by atoms with Gasteiger partial charge in [0.05, 0.1) is 18.8 Å². The number of allylic oxidation sites excluding steroid dienone is 11. The van der Waals surface area contributed by atoms with E-state index >= 15 is 0 Å². The van der Waals surface area contributed by atoms with Crippen molar-refractivity contribution in [2.45, 2.75) is 229 Å². The highest BCUT2D eigenvalue weighted by molar-refractivity contribution is 7.47. The minimum atomic E-state index is -5.15. The Hall–Kier alpha value is -2.75. The lowest BCUT2D eigenvalue weighted by Crippen LogP contribution is -2.64. The van der Waals surface area contributed by atoms with Gasteiger partial charge in [0.2, 0.25) is 0 Å². The molecule has 14 nitrogen and oxygen atoms in total. The fourth-order valence-corrected chi connectivity index (χ4v) is 8.47. The molecule has 0 aromatic rings. The number of phosphoric acid groups is 1. The molecule has 10 atom stereocenters. The van der Waals surface area contributed by atoms with E-state index < -0.39 is 75.7 Å². The van der Waals surface area contributed by atoms with E-state index in [4.69, 9.17) is 23.3 Å². The number of carbonyl (C=O) groups is 2. The van der Waals surface area contributed by atoms with Gasteiger partial charge in [0.1, 0.15) is 43.2 Å². The molecule has 0 aromatic carbocycles. The van der Waals surface area contributed by atoms with E-state index in [-0.39, 0.29) is 12.8 Å². The first-order chi connectivity index (χ1) is 32.4. The van der Waals surface area contributed by atoms with Crippen LogP contribution in [0.3, 0.4) is 0 Å². The SMILES string of the molecule is CCCCCC/C=C\C/C=C\C/C=C\CCCCCCCCC(=O)OC[C@H](COP(=O)(O)OC1[C@H](O)[C@H](O)C(O)[C@H](O)[C@H]1O)OC(=O)CCC/C=C\C/C=C\C/C=C\CC1OC1CCCCC. The van der Waals surface area contributed by atoms with Gasteiger partial charge in [-0.15, -0.1) is 0 Å². The van der Waals surface area contributed by atoms with Gasteiger partial charge in [-0.25, -0.2) is 4.57 Å². The molecular weight excluding hydrogens is 880 g/mol. The van der Waals surface area contributed by atoms with Crippen LogP contribution in [0.5, 0.6) is 0 Å². The van der Waals surface area contributed by atoms with Gasteiger partial charge in [-0.2, -0.15) is 0 Å². The Labute approximate surface area is 401 Å². The molecular formula is C52H87O14P. The second kappa shape index (κ2) is 38.1. The summed E-state index contributed by atoms with van der Waals surface area (Å²) in [6.07, 6.45) is 36.9. The van der Waals surface area contributed by atoms with Crippen molar-refractivity contribution in [1.29, 1.82) is 0 Å². The molecule has 0 radical (unpaired) electrons. The molecule has 6 N–H and O–H groups in total. The molecule has 0 bridgehead atoms. The van der Waals surface area contributed by atoms with Gasteiger partial charge >= 0.3 is 19.8 Å². The van der Waals surface area contributed by atoms with Gasteiger partial charge in [0, 0.05) is 12.8 Å². The Morgan fingerprint density at radius 2 is 1.00 bits per heavy atom. The van der Waals surface area contributed by atoms with Crippen LogP contribution in [0.25, 0.3) is 0 Å². The smallest absolute Gasteiger partial charge is 0.462 e. The summed E-state index contributed by atoms with van der Waals surface area (Å²) in [4.78, 5) is 35.8. The summed E-state index contributed by atoms with van der Waals surface area (Å²) in [6.45, 7) is 3.19. The second-order valence-electron chi connectivity index (χ2n) is 17.7. The van der Waals surface area contributed by atoms with Gasteiger partial charge < -0.3 is 44.6 Å². The summed E-state index contributed by atoms with van der Waals surface area (Å²) in [5, 5.41) is 50.3. The number of hydrogen-bond donors (Lipinski definition) is 6. The number of carbonyl (C=O) groups excluding carboxylic acids is 2. The monoisotopic (exact) mass is 967 g/mol. The molecule has 1 aliphatic heterocycles. The van der Waals surface area contributed by atoms with E-state index in [0.717, 1.165) is 77.0 Å². The van der Waals surface area contributed by atoms with Crippen LogP contribution in [-0.2, 0) is 37.4 Å². The molecule has 5 unspecified atom stereocenters. The van der Waals surface area contributed by atoms with Crippen molar-refractivity contribution in [2.75, 3.05) is 13.2 Å². The van der Waals surface area contributed by atoms with Crippen molar-refractivity contribution >= 4 is 19.8 Å². The maximum atomic E-state index is 12.8. The van der Waals surface area contributed by atoms with Gasteiger partial charge in [0.15, 0.2) is 6.10 Å². The number of phosphoric ester groups is 1. The van der Waals surface area contributed by atoms with Crippen LogP contribution in [0.15, 0.2) is 72.9 Å². The van der Waals surface area contributed by atoms with Gasteiger partial charge in [-0.1, -0.05) is 151 Å². The average molecular weight is 967 g/mol. The lowest BCUT2D eigenvalue weighted by molar-refractivity contribution is -0.220. The highest BCUT2D eigenvalue weighted by Crippen LogP contribution is 2.47. The zero-order valence-corrected chi connectivity index (χ0v) is 41.5. The lowest BCUT2D eigenvalue weighted by atomic mass is 9.85. The lowest BCUT2D eigenvalue weighted by Gasteiger charge is -2.41. The van der Waals surface area contributed by atoms with Crippen LogP contribution >= 0.6 is 7.82 Å². The second-order valence-corrected chi connectivity index (χ2v) is 19.1. The predicted octanol–water partition coefficient (Wildman–Crippen LogP) is 9.66. The molecule has 0 amide bonds. The van der Waals surface area contributed by atoms with Crippen molar-refractivity contribution in [3.63, 3.8) is 0 Å². The molecule has 2 aliphatic rings. The third-order valence-corrected chi connectivity index (χ3v) is 12.7. The Balaban J connectivity index is 1.70. The molecule has 2 fully saturated rings. The number of ether oxygens (including phenoxy) is 3. The van der Waals surface area contributed by atoms with Crippen LogP contribution in [0.1, 0.15) is 174 Å². The number of hydrogen-bond acceptors (Lipinski definition) is 13. The van der Waals surface area contributed by atoms with Crippen molar-refractivity contribution < 1.29 is 67.8 Å². The summed E-state index contributed by atoms with van der Waals surface area (Å²) in [7, 11) is -5.15. The molecule has 2 rings (SSSR count). The summed E-state index contributed by atoms with van der Waals surface area (Å²) in [6, 6.07) is 0. The Morgan fingerprint density at radius 1 is 0.537 bits per heavy atom. The zero-order chi connectivity index (χ0) is 49.0. The van der Waals surface area contributed by atoms with Crippen LogP contribution in [-0.4, -0.2) is 111 Å². The van der Waals surface area contributed by atoms with Crippen LogP contribution in [0.4, 0.5) is 0 Å². The van der Waals surface area contributed by atoms with E-state index in [0.29, 0.717) is 31.5 Å². The first kappa shape index (κ1) is 60.4. The van der Waals surface area contributed by atoms with E-state index in [1.54, 1.807) is 0 Å². The number of aliphatic hydroxyl groups is 5. The average Bonchev–Trinajstić information content (AvgIpc) is 4.07. The highest BCUT2D eigenvalue weighted by Gasteiger charge is 2.51. The summed E-state index contributed by atoms with van der Waals surface area (Å²) in [5.41, 5.74) is 0. The number of esters is 2. The highest BCUT2D eigenvalue weighted by atomic mass is 31.2. The van der Waals surface area contributed by atoms with Crippen molar-refractivity contribution in [2.24, 2.45) is 0 Å². The predicted molar refractivity (Wildman–Crippen MR) is 262 cm³/mol. The number of unbranched alkanes of at least 4 members (excludes halogenated alkanes) is 13. The van der Waals surface area contributed by atoms with Crippen molar-refractivity contribution in [3.05, 3.63) is 72.9 Å². The van der Waals surface area contributed by atoms with Crippen LogP contribution in [0.2, 0.25) is 0 Å². The van der Waals surface area contributed by atoms with E-state index in [1.165, 1.54) is 51.4 Å². The Bertz CT molecular complexity index is 1510. The molecule has 384 valence electrons. The topological polar surface area (TPSA) is 222 Å². The normalized spacial score (nSPS) is 24.8. The van der Waals surface area contributed by atoms with Crippen molar-refractivity contribution in [1.82, 2.24) is 0 Å². The fourth-order valence-electron chi connectivity index (χ4n) is 7.50. The Kier molecular flexibility index (Phi) is 34.3. The number of epoxide rings is 1. The molecule has 0 spiro atoms. The van der Waals surface area contributed by atoms with E-state index in [1.807, 2.05) is 12.2 Å². The maximum Gasteiger partial charge on any atom is 0.472 e. The van der Waals surface area contributed by atoms with Gasteiger partial charge in [-0.3, -0.25) is 18.6 Å². The number of rotatable bonds is 40. The van der Waals surface area contributed by atoms with Crippen LogP contribution in [0, 0.1) is 0 Å². The maximum absolute atomic E-state index is 12.8. The molecule has 15 heteroatoms. The molecule has 1 aliphatic carbocycles. The summed E-state index contributed by atoms with van der Waals surface area (Å²) >= 11 is 0. The molecule has 0 aromatic heterocycles. The van der Waals surface area contributed by atoms with Crippen LogP contribution < -0.4 is 0 Å². The first-order valence-electron chi connectivity index (χ1n) is 25.4. The zero-order valence-electron chi connectivity index (χ0n) is 40.6. The molecule has 1 saturated carbocycles. The first-order valence-corrected chi connectivity index (χ1v) is 26.9. The minimum Gasteiger partial charge on any atom is -0.462 e. The van der Waals surface area contributed by atoms with E-state index in [9.17, 15) is 44.6 Å². The third-order valence-electron chi connectivity index (χ3n) is 11.7. The summed E-state index contributed by atoms with van der Waals surface area (Å²) < 4.78 is 39.3. The Morgan fingerprint density at radius 3 is 1.58 bits per heavy atom. The minimum absolute atomic E-state index is 0.0104. The van der Waals surface area contributed by atoms with Gasteiger partial charge in [0.25, 0.3) is 0 Å². The quantitative estimate of drug-likeness (QED) is 0.0111. The standard InChI is InChI=1S/C52H87O14P/c1-3-5-7-8-9-10-11-12-13-14-15-16-17-18-19-20-24-27-30-34-38-45(53)62-40-42(41-63-67(60,61)66-52-50(58)48(56)47(55)49(57)51(52)59)64-46(54)39-35-31-28-25-22-21-23-26-29-33-37-44-43(65-44)36-32-6-4-2/h10-11,13-14,16-17,21,23,25,28-29,33,42-44,47-52,55-59H,3-9,12,15,18-20,22,24,26-27,30-32,34-41H2,1-2H3,(H,60,61)/b11-10-,14-13-,17-16-,23-21-,28-25-,33-29-/t42-,43?,44?,47?,48-,49+,50-,51-,52?/m1/s1. The molecule has 1 saturated heterocycles.